The average Bonchev–Trinajstić information content (AvgIpc) is 2.97. The van der Waals surface area contributed by atoms with E-state index in [1.807, 2.05) is 95.3 Å². The lowest BCUT2D eigenvalue weighted by Crippen LogP contribution is -2.53. The molecule has 0 radical (unpaired) electrons. The largest absolute Gasteiger partial charge is 0.447 e. The van der Waals surface area contributed by atoms with Crippen molar-refractivity contribution in [1.82, 2.24) is 4.90 Å². The summed E-state index contributed by atoms with van der Waals surface area (Å²) < 4.78 is 20.0. The van der Waals surface area contributed by atoms with Gasteiger partial charge in [-0.05, 0) is 34.1 Å². The molecule has 2 aromatic carbocycles. The Kier molecular flexibility index (Phi) is 6.18. The molecule has 0 spiro atoms. The minimum Gasteiger partial charge on any atom is -0.447 e. The molecule has 5 nitrogen and oxygen atoms in total. The molecule has 0 aliphatic carbocycles. The van der Waals surface area contributed by atoms with Crippen LogP contribution in [0.1, 0.15) is 53.5 Å². The van der Waals surface area contributed by atoms with E-state index >= 15 is 0 Å². The maximum atomic E-state index is 13.0. The van der Waals surface area contributed by atoms with Crippen molar-refractivity contribution < 1.29 is 15.6 Å². The van der Waals surface area contributed by atoms with E-state index < -0.39 is 30.0 Å². The monoisotopic (exact) mass is 409 g/mol. The molecule has 0 bridgehead atoms. The molecule has 0 saturated carbocycles. The predicted octanol–water partition coefficient (Wildman–Crippen LogP) is 5.29. The Hall–Kier alpha value is -2.66. The molecule has 1 saturated heterocycles. The summed E-state index contributed by atoms with van der Waals surface area (Å²) in [6.45, 7) is 8.76. The summed E-state index contributed by atoms with van der Waals surface area (Å²) in [6, 6.07) is 19.2. The van der Waals surface area contributed by atoms with E-state index in [1.165, 1.54) is 0 Å². The quantitative estimate of drug-likeness (QED) is 0.610. The number of carbonyl (C=O) groups excluding carboxylic acids is 1. The number of carbonyl (C=O) groups is 1. The smallest absolute Gasteiger partial charge is 0.412 e. The van der Waals surface area contributed by atoms with Gasteiger partial charge in [0, 0.05) is 11.1 Å². The first-order valence-corrected chi connectivity index (χ1v) is 10.4. The highest BCUT2D eigenvalue weighted by Gasteiger charge is 2.49. The molecule has 2 atom stereocenters. The summed E-state index contributed by atoms with van der Waals surface area (Å²) in [5, 5.41) is 0. The number of ether oxygens (including phenoxy) is 2. The van der Waals surface area contributed by atoms with Crippen molar-refractivity contribution >= 4 is 11.8 Å². The summed E-state index contributed by atoms with van der Waals surface area (Å²) in [4.78, 5) is 19.5. The lowest BCUT2D eigenvalue weighted by Gasteiger charge is -2.36. The molecule has 30 heavy (non-hydrogen) atoms. The van der Waals surface area contributed by atoms with Gasteiger partial charge in [-0.2, -0.15) is 0 Å². The maximum absolute atomic E-state index is 13.0. The number of hydrogen-bond donors (Lipinski definition) is 0. The Bertz CT molecular complexity index is 855. The number of amides is 1. The third-order valence-corrected chi connectivity index (χ3v) is 5.24. The highest BCUT2D eigenvalue weighted by Crippen LogP contribution is 2.35. The lowest BCUT2D eigenvalue weighted by atomic mass is 10.0. The van der Waals surface area contributed by atoms with Crippen molar-refractivity contribution in [3.05, 3.63) is 71.8 Å². The van der Waals surface area contributed by atoms with Gasteiger partial charge in [-0.1, -0.05) is 67.6 Å². The fourth-order valence-corrected chi connectivity index (χ4v) is 3.76. The highest BCUT2D eigenvalue weighted by atomic mass is 16.6. The van der Waals surface area contributed by atoms with Gasteiger partial charge in [0.1, 0.15) is 12.3 Å². The Morgan fingerprint density at radius 1 is 1.10 bits per heavy atom. The SMILES string of the molecule is [2H][C@H](OC(=O)N1C(C)(C)COC1(C)C)[C@@H](CC)N=C(c1ccccc1)c1ccccc1. The van der Waals surface area contributed by atoms with Crippen molar-refractivity contribution in [2.24, 2.45) is 4.99 Å². The number of rotatable bonds is 6. The molecule has 0 aromatic heterocycles. The van der Waals surface area contributed by atoms with Crippen LogP contribution < -0.4 is 0 Å². The fraction of sp³-hybridized carbons (Fsp3) is 0.440. The molecule has 5 heteroatoms. The van der Waals surface area contributed by atoms with Crippen molar-refractivity contribution in [3.63, 3.8) is 0 Å². The van der Waals surface area contributed by atoms with Crippen LogP contribution in [0, 0.1) is 0 Å². The van der Waals surface area contributed by atoms with Gasteiger partial charge in [0.25, 0.3) is 0 Å². The molecule has 0 N–H and O–H groups in total. The van der Waals surface area contributed by atoms with Crippen molar-refractivity contribution in [2.75, 3.05) is 13.2 Å². The molecule has 3 rings (SSSR count). The second-order valence-corrected chi connectivity index (χ2v) is 8.59. The minimum absolute atomic E-state index is 0.416. The molecule has 1 aliphatic heterocycles. The van der Waals surface area contributed by atoms with E-state index in [1.54, 1.807) is 4.90 Å². The molecule has 1 heterocycles. The molecular formula is C25H32N2O3. The number of benzene rings is 2. The summed E-state index contributed by atoms with van der Waals surface area (Å²) in [5.41, 5.74) is 1.41. The van der Waals surface area contributed by atoms with Gasteiger partial charge < -0.3 is 9.47 Å². The summed E-state index contributed by atoms with van der Waals surface area (Å²) >= 11 is 0. The minimum atomic E-state index is -1.13. The maximum Gasteiger partial charge on any atom is 0.412 e. The molecule has 2 aromatic rings. The number of hydrogen-bond acceptors (Lipinski definition) is 4. The number of nitrogens with zero attached hydrogens (tertiary/aromatic N) is 2. The van der Waals surface area contributed by atoms with Gasteiger partial charge >= 0.3 is 6.09 Å². The van der Waals surface area contributed by atoms with E-state index in [9.17, 15) is 4.79 Å². The van der Waals surface area contributed by atoms with Gasteiger partial charge in [-0.15, -0.1) is 0 Å². The van der Waals surface area contributed by atoms with Crippen LogP contribution >= 0.6 is 0 Å². The van der Waals surface area contributed by atoms with Crippen LogP contribution in [0.2, 0.25) is 0 Å². The third kappa shape index (κ3) is 4.90. The zero-order valence-corrected chi connectivity index (χ0v) is 18.5. The molecule has 1 fully saturated rings. The highest BCUT2D eigenvalue weighted by molar-refractivity contribution is 6.12. The van der Waals surface area contributed by atoms with E-state index in [-0.39, 0.29) is 0 Å². The summed E-state index contributed by atoms with van der Waals surface area (Å²) in [5.74, 6) is 0. The van der Waals surface area contributed by atoms with Crippen molar-refractivity contribution in [2.45, 2.75) is 58.3 Å². The van der Waals surface area contributed by atoms with Crippen LogP contribution in [0.15, 0.2) is 65.7 Å². The van der Waals surface area contributed by atoms with Crippen LogP contribution in [0.25, 0.3) is 0 Å². The first kappa shape index (κ1) is 20.6. The third-order valence-electron chi connectivity index (χ3n) is 5.24. The second kappa shape index (κ2) is 9.00. The van der Waals surface area contributed by atoms with Crippen LogP contribution in [0.3, 0.4) is 0 Å². The van der Waals surface area contributed by atoms with Crippen molar-refractivity contribution in [3.8, 4) is 0 Å². The molecule has 160 valence electrons. The molecule has 1 amide bonds. The van der Waals surface area contributed by atoms with Crippen molar-refractivity contribution in [1.29, 1.82) is 0 Å². The molecular weight excluding hydrogens is 376 g/mol. The number of aliphatic imine (C=N–C) groups is 1. The van der Waals surface area contributed by atoms with Gasteiger partial charge in [-0.25, -0.2) is 4.79 Å². The predicted molar refractivity (Wildman–Crippen MR) is 120 cm³/mol. The Morgan fingerprint density at radius 2 is 1.63 bits per heavy atom. The van der Waals surface area contributed by atoms with E-state index in [0.29, 0.717) is 13.0 Å². The Morgan fingerprint density at radius 3 is 2.07 bits per heavy atom. The van der Waals surface area contributed by atoms with E-state index in [2.05, 4.69) is 0 Å². The fourth-order valence-electron chi connectivity index (χ4n) is 3.76. The van der Waals surface area contributed by atoms with Crippen LogP contribution in [0.5, 0.6) is 0 Å². The normalized spacial score (nSPS) is 19.5. The van der Waals surface area contributed by atoms with Gasteiger partial charge in [0.05, 0.1) is 25.3 Å². The topological polar surface area (TPSA) is 51.1 Å². The standard InChI is InChI=1S/C25H32N2O3/c1-6-21(17-29-23(28)27-24(2,3)18-30-25(27,4)5)26-22(19-13-9-7-10-14-19)20-15-11-8-12-16-20/h7-16,21H,6,17-18H2,1-5H3/t21-/m1/s1/i17D/t17-,21+/m0. The zero-order valence-electron chi connectivity index (χ0n) is 19.5. The van der Waals surface area contributed by atoms with Gasteiger partial charge in [0.15, 0.2) is 0 Å². The Balaban J connectivity index is 1.87. The average molecular weight is 410 g/mol. The molecule has 0 unspecified atom stereocenters. The zero-order chi connectivity index (χ0) is 22.6. The van der Waals surface area contributed by atoms with E-state index in [0.717, 1.165) is 16.8 Å². The second-order valence-electron chi connectivity index (χ2n) is 8.59. The van der Waals surface area contributed by atoms with Gasteiger partial charge in [0.2, 0.25) is 0 Å². The van der Waals surface area contributed by atoms with Crippen LogP contribution in [0.4, 0.5) is 4.79 Å². The summed E-state index contributed by atoms with van der Waals surface area (Å²) in [7, 11) is 0. The lowest BCUT2D eigenvalue weighted by molar-refractivity contribution is -0.0523. The first-order chi connectivity index (χ1) is 14.7. The van der Waals surface area contributed by atoms with Gasteiger partial charge in [-0.3, -0.25) is 9.89 Å². The Labute approximate surface area is 181 Å². The van der Waals surface area contributed by atoms with Crippen LogP contribution in [-0.4, -0.2) is 47.2 Å². The summed E-state index contributed by atoms with van der Waals surface area (Å²) in [6.07, 6.45) is 0.00980. The molecule has 1 aliphatic rings. The van der Waals surface area contributed by atoms with E-state index in [4.69, 9.17) is 15.8 Å². The first-order valence-electron chi connectivity index (χ1n) is 11.0. The van der Waals surface area contributed by atoms with Crippen LogP contribution in [-0.2, 0) is 9.47 Å².